The van der Waals surface area contributed by atoms with E-state index < -0.39 is 23.9 Å². The molecule has 0 aromatic heterocycles. The number of rotatable bonds is 4. The molecule has 1 amide bonds. The molecule has 1 unspecified atom stereocenters. The van der Waals surface area contributed by atoms with Gasteiger partial charge in [-0.05, 0) is 37.5 Å². The Hall–Kier alpha value is -1.41. The van der Waals surface area contributed by atoms with Crippen molar-refractivity contribution in [2.75, 3.05) is 6.54 Å². The number of hydrogen-bond donors (Lipinski definition) is 1. The zero-order valence-electron chi connectivity index (χ0n) is 12.3. The molecule has 0 aliphatic carbocycles. The lowest BCUT2D eigenvalue weighted by atomic mass is 10.2. The van der Waals surface area contributed by atoms with Crippen LogP contribution in [0.15, 0.2) is 20.6 Å². The largest absolute Gasteiger partial charge is 0.480 e. The minimum atomic E-state index is -1.04. The standard InChI is InChI=1S/C14H17NO5S2/c1-8(2)20-13(19)10(14-21-6-7-22-14)11(16)15-5-3-4-9(15)12(17)18/h6-9H,3-5H2,1-2H3,(H,17,18). The molecule has 2 heterocycles. The highest BCUT2D eigenvalue weighted by Crippen LogP contribution is 2.41. The van der Waals surface area contributed by atoms with E-state index in [9.17, 15) is 19.5 Å². The molecule has 2 aliphatic heterocycles. The van der Waals surface area contributed by atoms with Crippen LogP contribution in [0.1, 0.15) is 26.7 Å². The van der Waals surface area contributed by atoms with Gasteiger partial charge in [-0.25, -0.2) is 9.59 Å². The van der Waals surface area contributed by atoms with Gasteiger partial charge >= 0.3 is 11.9 Å². The molecule has 0 saturated carbocycles. The maximum atomic E-state index is 12.7. The molecule has 0 bridgehead atoms. The second-order valence-electron chi connectivity index (χ2n) is 5.12. The molecule has 0 aromatic carbocycles. The molecule has 22 heavy (non-hydrogen) atoms. The Bertz CT molecular complexity index is 545. The average Bonchev–Trinajstić information content (AvgIpc) is 3.08. The predicted octanol–water partition coefficient (Wildman–Crippen LogP) is 2.18. The Labute approximate surface area is 136 Å². The van der Waals surface area contributed by atoms with E-state index in [4.69, 9.17) is 4.74 Å². The van der Waals surface area contributed by atoms with Crippen molar-refractivity contribution in [2.45, 2.75) is 38.8 Å². The minimum absolute atomic E-state index is 0.0677. The van der Waals surface area contributed by atoms with Crippen LogP contribution >= 0.6 is 23.5 Å². The SMILES string of the molecule is CC(C)OC(=O)C(C(=O)N1CCCC1C(=O)O)=C1SC=CS1. The fourth-order valence-corrected chi connectivity index (χ4v) is 4.09. The van der Waals surface area contributed by atoms with Gasteiger partial charge in [0.25, 0.3) is 5.91 Å². The van der Waals surface area contributed by atoms with E-state index in [1.54, 1.807) is 24.7 Å². The summed E-state index contributed by atoms with van der Waals surface area (Å²) < 4.78 is 5.69. The molecule has 120 valence electrons. The Morgan fingerprint density at radius 3 is 2.50 bits per heavy atom. The molecule has 1 atom stereocenters. The molecule has 1 N–H and O–H groups in total. The van der Waals surface area contributed by atoms with E-state index in [1.165, 1.54) is 28.4 Å². The van der Waals surface area contributed by atoms with E-state index in [1.807, 2.05) is 0 Å². The summed E-state index contributed by atoms with van der Waals surface area (Å²) in [5.41, 5.74) is -0.0677. The fraction of sp³-hybridized carbons (Fsp3) is 0.500. The number of esters is 1. The smallest absolute Gasteiger partial charge is 0.345 e. The molecule has 1 saturated heterocycles. The van der Waals surface area contributed by atoms with Gasteiger partial charge in [0.15, 0.2) is 0 Å². The zero-order valence-corrected chi connectivity index (χ0v) is 13.9. The van der Waals surface area contributed by atoms with Crippen molar-refractivity contribution in [3.63, 3.8) is 0 Å². The van der Waals surface area contributed by atoms with Gasteiger partial charge in [0.05, 0.1) is 10.3 Å². The van der Waals surface area contributed by atoms with Gasteiger partial charge in [0.1, 0.15) is 11.6 Å². The van der Waals surface area contributed by atoms with Crippen LogP contribution < -0.4 is 0 Å². The molecule has 1 fully saturated rings. The zero-order chi connectivity index (χ0) is 16.3. The number of hydrogen-bond acceptors (Lipinski definition) is 6. The molecule has 0 radical (unpaired) electrons. The Morgan fingerprint density at radius 1 is 1.32 bits per heavy atom. The van der Waals surface area contributed by atoms with Crippen molar-refractivity contribution in [1.29, 1.82) is 0 Å². The first-order chi connectivity index (χ1) is 10.4. The van der Waals surface area contributed by atoms with Gasteiger partial charge in [-0.15, -0.1) is 0 Å². The number of amides is 1. The summed E-state index contributed by atoms with van der Waals surface area (Å²) in [7, 11) is 0. The molecule has 2 aliphatic rings. The summed E-state index contributed by atoms with van der Waals surface area (Å²) >= 11 is 2.54. The number of carbonyl (C=O) groups excluding carboxylic acids is 2. The van der Waals surface area contributed by atoms with Gasteiger partial charge in [-0.1, -0.05) is 23.5 Å². The molecule has 0 aromatic rings. The van der Waals surface area contributed by atoms with Gasteiger partial charge < -0.3 is 14.7 Å². The molecular formula is C14H17NO5S2. The summed E-state index contributed by atoms with van der Waals surface area (Å²) in [5, 5.41) is 12.8. The maximum absolute atomic E-state index is 12.7. The number of carboxylic acids is 1. The summed E-state index contributed by atoms with van der Waals surface area (Å²) in [5.74, 6) is -2.30. The molecule has 8 heteroatoms. The summed E-state index contributed by atoms with van der Waals surface area (Å²) in [6.45, 7) is 3.74. The summed E-state index contributed by atoms with van der Waals surface area (Å²) in [4.78, 5) is 37.5. The number of carboxylic acid groups (broad SMARTS) is 1. The van der Waals surface area contributed by atoms with Crippen LogP contribution in [-0.2, 0) is 19.1 Å². The van der Waals surface area contributed by atoms with E-state index in [0.717, 1.165) is 0 Å². The first kappa shape index (κ1) is 17.0. The lowest BCUT2D eigenvalue weighted by Crippen LogP contribution is -2.42. The average molecular weight is 343 g/mol. The highest BCUT2D eigenvalue weighted by atomic mass is 32.2. The number of aliphatic carboxylic acids is 1. The van der Waals surface area contributed by atoms with Crippen molar-refractivity contribution in [2.24, 2.45) is 0 Å². The fourth-order valence-electron chi connectivity index (χ4n) is 2.27. The Kier molecular flexibility index (Phi) is 5.57. The summed E-state index contributed by atoms with van der Waals surface area (Å²) in [6.07, 6.45) is 0.666. The molecule has 2 rings (SSSR count). The third-order valence-electron chi connectivity index (χ3n) is 3.17. The predicted molar refractivity (Wildman–Crippen MR) is 84.9 cm³/mol. The lowest BCUT2D eigenvalue weighted by Gasteiger charge is -2.23. The summed E-state index contributed by atoms with van der Waals surface area (Å²) in [6, 6.07) is -0.876. The normalized spacial score (nSPS) is 20.6. The van der Waals surface area contributed by atoms with E-state index in [-0.39, 0.29) is 11.7 Å². The third-order valence-corrected chi connectivity index (χ3v) is 5.30. The number of ether oxygens (including phenoxy) is 1. The van der Waals surface area contributed by atoms with Gasteiger partial charge in [0, 0.05) is 6.54 Å². The number of likely N-dealkylation sites (tertiary alicyclic amines) is 1. The number of nitrogens with zero attached hydrogens (tertiary/aromatic N) is 1. The van der Waals surface area contributed by atoms with Crippen LogP contribution in [0.4, 0.5) is 0 Å². The van der Waals surface area contributed by atoms with Gasteiger partial charge in [-0.3, -0.25) is 4.79 Å². The highest BCUT2D eigenvalue weighted by Gasteiger charge is 2.39. The Morgan fingerprint density at radius 2 is 1.95 bits per heavy atom. The minimum Gasteiger partial charge on any atom is -0.480 e. The highest BCUT2D eigenvalue weighted by molar-refractivity contribution is 8.27. The number of thioether (sulfide) groups is 2. The molecule has 0 spiro atoms. The topological polar surface area (TPSA) is 83.9 Å². The Balaban J connectivity index is 2.29. The van der Waals surface area contributed by atoms with Gasteiger partial charge in [-0.2, -0.15) is 0 Å². The quantitative estimate of drug-likeness (QED) is 0.362. The second kappa shape index (κ2) is 7.23. The van der Waals surface area contributed by atoms with Crippen LogP contribution in [0.2, 0.25) is 0 Å². The van der Waals surface area contributed by atoms with Crippen LogP contribution in [0, 0.1) is 0 Å². The van der Waals surface area contributed by atoms with Crippen LogP contribution in [0.3, 0.4) is 0 Å². The second-order valence-corrected chi connectivity index (χ2v) is 7.21. The third kappa shape index (κ3) is 3.67. The van der Waals surface area contributed by atoms with Crippen LogP contribution in [0.25, 0.3) is 0 Å². The van der Waals surface area contributed by atoms with Crippen LogP contribution in [-0.4, -0.2) is 46.5 Å². The first-order valence-electron chi connectivity index (χ1n) is 6.89. The molecular weight excluding hydrogens is 326 g/mol. The maximum Gasteiger partial charge on any atom is 0.345 e. The number of carbonyl (C=O) groups is 3. The van der Waals surface area contributed by atoms with E-state index >= 15 is 0 Å². The van der Waals surface area contributed by atoms with Crippen molar-refractivity contribution in [3.8, 4) is 0 Å². The van der Waals surface area contributed by atoms with Crippen molar-refractivity contribution in [1.82, 2.24) is 4.90 Å². The van der Waals surface area contributed by atoms with Crippen molar-refractivity contribution >= 4 is 41.4 Å². The van der Waals surface area contributed by atoms with Gasteiger partial charge in [0.2, 0.25) is 0 Å². The van der Waals surface area contributed by atoms with Crippen molar-refractivity contribution in [3.05, 3.63) is 20.6 Å². The lowest BCUT2D eigenvalue weighted by molar-refractivity contribution is -0.150. The van der Waals surface area contributed by atoms with Crippen molar-refractivity contribution < 1.29 is 24.2 Å². The molecule has 6 nitrogen and oxygen atoms in total. The van der Waals surface area contributed by atoms with Crippen LogP contribution in [0.5, 0.6) is 0 Å². The van der Waals surface area contributed by atoms with E-state index in [2.05, 4.69) is 0 Å². The first-order valence-corrected chi connectivity index (χ1v) is 8.65. The van der Waals surface area contributed by atoms with E-state index in [0.29, 0.717) is 23.6 Å². The monoisotopic (exact) mass is 343 g/mol.